The lowest BCUT2D eigenvalue weighted by atomic mass is 10.2. The number of oxazole rings is 2. The second-order valence-corrected chi connectivity index (χ2v) is 17.9. The molecular formula is C44H42N2O5Si. The maximum Gasteiger partial charge on any atom is 0.261 e. The molecule has 5 aromatic carbocycles. The van der Waals surface area contributed by atoms with Crippen molar-refractivity contribution in [3.63, 3.8) is 0 Å². The van der Waals surface area contributed by atoms with E-state index in [1.54, 1.807) is 0 Å². The van der Waals surface area contributed by atoms with Gasteiger partial charge in [-0.15, -0.1) is 0 Å². The Morgan fingerprint density at radius 1 is 0.519 bits per heavy atom. The molecule has 0 saturated carbocycles. The number of aromatic nitrogens is 2. The van der Waals surface area contributed by atoms with Crippen LogP contribution in [0.4, 0.5) is 0 Å². The van der Waals surface area contributed by atoms with Crippen molar-refractivity contribution >= 4 is 18.7 Å². The molecule has 7 aromatic rings. The Morgan fingerprint density at radius 3 is 1.42 bits per heavy atom. The first kappa shape index (κ1) is 34.7. The maximum atomic E-state index is 7.23. The van der Waals surface area contributed by atoms with Crippen molar-refractivity contribution in [2.75, 3.05) is 0 Å². The molecule has 52 heavy (non-hydrogen) atoms. The highest BCUT2D eigenvalue weighted by atomic mass is 28.4. The minimum absolute atomic E-state index is 0.185. The van der Waals surface area contributed by atoms with Crippen LogP contribution in [0.1, 0.15) is 43.7 Å². The first-order chi connectivity index (χ1) is 25.3. The SMILES string of the molecule is Cc1oc(-c2ccccc2)nc1COc1ccc(OCc2nc(-c3ccccc3)oc2CO[Si](c2ccccc2)(c2ccccc2)C(C)(C)C)cc1. The van der Waals surface area contributed by atoms with Gasteiger partial charge in [-0.2, -0.15) is 0 Å². The molecular weight excluding hydrogens is 665 g/mol. The molecule has 8 heteroatoms. The fourth-order valence-corrected chi connectivity index (χ4v) is 11.0. The van der Waals surface area contributed by atoms with E-state index < -0.39 is 8.32 Å². The molecule has 0 bridgehead atoms. The third-order valence-electron chi connectivity index (χ3n) is 9.12. The van der Waals surface area contributed by atoms with Gasteiger partial charge in [0.25, 0.3) is 8.32 Å². The summed E-state index contributed by atoms with van der Waals surface area (Å²) >= 11 is 0. The van der Waals surface area contributed by atoms with E-state index >= 15 is 0 Å². The lowest BCUT2D eigenvalue weighted by molar-refractivity contribution is 0.245. The van der Waals surface area contributed by atoms with Gasteiger partial charge in [-0.05, 0) is 70.9 Å². The van der Waals surface area contributed by atoms with Gasteiger partial charge in [-0.25, -0.2) is 9.97 Å². The third-order valence-corrected chi connectivity index (χ3v) is 14.1. The van der Waals surface area contributed by atoms with E-state index in [2.05, 4.69) is 74.3 Å². The van der Waals surface area contributed by atoms with Gasteiger partial charge in [-0.1, -0.05) is 118 Å². The van der Waals surface area contributed by atoms with E-state index in [4.69, 9.17) is 27.7 Å². The first-order valence-electron chi connectivity index (χ1n) is 17.5. The number of benzene rings is 5. The molecule has 0 aliphatic rings. The Bertz CT molecular complexity index is 2140. The Kier molecular flexibility index (Phi) is 10.2. The number of ether oxygens (including phenoxy) is 2. The molecule has 0 radical (unpaired) electrons. The smallest absolute Gasteiger partial charge is 0.261 e. The van der Waals surface area contributed by atoms with Gasteiger partial charge < -0.3 is 22.7 Å². The van der Waals surface area contributed by atoms with E-state index in [1.165, 1.54) is 10.4 Å². The van der Waals surface area contributed by atoms with E-state index in [0.717, 1.165) is 22.6 Å². The molecule has 262 valence electrons. The van der Waals surface area contributed by atoms with Crippen molar-refractivity contribution in [2.45, 2.75) is 52.6 Å². The van der Waals surface area contributed by atoms with Crippen LogP contribution < -0.4 is 19.8 Å². The fourth-order valence-electron chi connectivity index (χ4n) is 6.45. The molecule has 0 unspecified atom stereocenters. The van der Waals surface area contributed by atoms with Gasteiger partial charge in [0.1, 0.15) is 41.9 Å². The normalized spacial score (nSPS) is 11.8. The molecule has 0 saturated heterocycles. The molecule has 0 atom stereocenters. The van der Waals surface area contributed by atoms with Crippen LogP contribution in [-0.4, -0.2) is 18.3 Å². The number of nitrogens with zero attached hydrogens (tertiary/aromatic N) is 2. The van der Waals surface area contributed by atoms with Crippen LogP contribution in [0, 0.1) is 6.92 Å². The minimum atomic E-state index is -2.82. The molecule has 0 aliphatic carbocycles. The predicted molar refractivity (Wildman–Crippen MR) is 206 cm³/mol. The second kappa shape index (κ2) is 15.3. The summed E-state index contributed by atoms with van der Waals surface area (Å²) in [6.45, 7) is 9.43. The zero-order valence-electron chi connectivity index (χ0n) is 29.9. The van der Waals surface area contributed by atoms with E-state index in [9.17, 15) is 0 Å². The standard InChI is InChI=1S/C44H42N2O5Si/c1-32-39(45-42(50-32)33-17-9-5-10-18-33)29-47-35-25-27-36(28-26-35)48-30-40-41(51-43(46-40)34-19-11-6-12-20-34)31-49-52(44(2,3)4,37-21-13-7-14-22-37)38-23-15-8-16-24-38/h5-28H,29-31H2,1-4H3. The van der Waals surface area contributed by atoms with Crippen LogP contribution in [0.15, 0.2) is 154 Å². The average Bonchev–Trinajstić information content (AvgIpc) is 3.77. The molecule has 2 aromatic heterocycles. The van der Waals surface area contributed by atoms with E-state index in [-0.39, 0.29) is 24.9 Å². The summed E-state index contributed by atoms with van der Waals surface area (Å²) in [5.74, 6) is 3.87. The topological polar surface area (TPSA) is 79.8 Å². The highest BCUT2D eigenvalue weighted by molar-refractivity contribution is 6.99. The van der Waals surface area contributed by atoms with Crippen molar-refractivity contribution in [3.05, 3.63) is 169 Å². The zero-order valence-corrected chi connectivity index (χ0v) is 30.9. The number of rotatable bonds is 13. The Morgan fingerprint density at radius 2 is 0.942 bits per heavy atom. The van der Waals surface area contributed by atoms with Crippen LogP contribution in [-0.2, 0) is 24.2 Å². The number of hydrogen-bond donors (Lipinski definition) is 0. The van der Waals surface area contributed by atoms with Crippen molar-refractivity contribution < 1.29 is 22.7 Å². The Hall–Kier alpha value is -5.70. The first-order valence-corrected chi connectivity index (χ1v) is 19.4. The number of hydrogen-bond acceptors (Lipinski definition) is 7. The molecule has 7 nitrogen and oxygen atoms in total. The zero-order chi connectivity index (χ0) is 36.0. The van der Waals surface area contributed by atoms with Crippen LogP contribution in [0.5, 0.6) is 11.5 Å². The van der Waals surface area contributed by atoms with Gasteiger partial charge >= 0.3 is 0 Å². The van der Waals surface area contributed by atoms with Crippen LogP contribution >= 0.6 is 0 Å². The molecule has 0 amide bonds. The summed E-state index contributed by atoms with van der Waals surface area (Å²) in [5.41, 5.74) is 3.26. The molecule has 0 fully saturated rings. The average molecular weight is 707 g/mol. The van der Waals surface area contributed by atoms with Crippen molar-refractivity contribution in [3.8, 4) is 34.4 Å². The molecule has 2 heterocycles. The molecule has 0 spiro atoms. The van der Waals surface area contributed by atoms with Crippen molar-refractivity contribution in [1.82, 2.24) is 9.97 Å². The lowest BCUT2D eigenvalue weighted by Crippen LogP contribution is -2.66. The highest BCUT2D eigenvalue weighted by Crippen LogP contribution is 2.38. The van der Waals surface area contributed by atoms with Crippen LogP contribution in [0.25, 0.3) is 22.9 Å². The number of aryl methyl sites for hydroxylation is 1. The van der Waals surface area contributed by atoms with E-state index in [0.29, 0.717) is 34.7 Å². The summed E-state index contributed by atoms with van der Waals surface area (Å²) in [6.07, 6.45) is 0. The molecule has 0 aliphatic heterocycles. The predicted octanol–water partition coefficient (Wildman–Crippen LogP) is 9.54. The Labute approximate surface area is 306 Å². The monoisotopic (exact) mass is 706 g/mol. The van der Waals surface area contributed by atoms with Crippen molar-refractivity contribution in [1.29, 1.82) is 0 Å². The third kappa shape index (κ3) is 7.49. The van der Waals surface area contributed by atoms with Gasteiger partial charge in [0.2, 0.25) is 11.8 Å². The summed E-state index contributed by atoms with van der Waals surface area (Å²) < 4.78 is 31.9. The second-order valence-electron chi connectivity index (χ2n) is 13.6. The minimum Gasteiger partial charge on any atom is -0.487 e. The van der Waals surface area contributed by atoms with Gasteiger partial charge in [0.05, 0.1) is 6.61 Å². The van der Waals surface area contributed by atoms with Gasteiger partial charge in [0, 0.05) is 11.1 Å². The molecule has 0 N–H and O–H groups in total. The summed E-state index contributed by atoms with van der Waals surface area (Å²) in [4.78, 5) is 9.57. The summed E-state index contributed by atoms with van der Waals surface area (Å²) in [6, 6.07) is 48.5. The quantitative estimate of drug-likeness (QED) is 0.111. The largest absolute Gasteiger partial charge is 0.487 e. The van der Waals surface area contributed by atoms with Gasteiger partial charge in [0.15, 0.2) is 5.76 Å². The van der Waals surface area contributed by atoms with Crippen LogP contribution in [0.3, 0.4) is 0 Å². The van der Waals surface area contributed by atoms with E-state index in [1.807, 2.05) is 104 Å². The molecule has 7 rings (SSSR count). The Balaban J connectivity index is 1.09. The highest BCUT2D eigenvalue weighted by Gasteiger charge is 2.50. The van der Waals surface area contributed by atoms with Gasteiger partial charge in [-0.3, -0.25) is 0 Å². The fraction of sp³-hybridized carbons (Fsp3) is 0.182. The lowest BCUT2D eigenvalue weighted by Gasteiger charge is -2.42. The maximum absolute atomic E-state index is 7.23. The summed E-state index contributed by atoms with van der Waals surface area (Å²) in [5, 5.41) is 2.22. The summed E-state index contributed by atoms with van der Waals surface area (Å²) in [7, 11) is -2.82. The van der Waals surface area contributed by atoms with Crippen LogP contribution in [0.2, 0.25) is 5.04 Å². The van der Waals surface area contributed by atoms with Crippen molar-refractivity contribution in [2.24, 2.45) is 0 Å².